The molecule has 0 saturated carbocycles. The molecule has 0 radical (unpaired) electrons. The molecule has 0 bridgehead atoms. The molecule has 0 saturated heterocycles. The maximum atomic E-state index is 13.7. The van der Waals surface area contributed by atoms with E-state index in [9.17, 15) is 4.79 Å². The Morgan fingerprint density at radius 3 is 2.44 bits per heavy atom. The summed E-state index contributed by atoms with van der Waals surface area (Å²) >= 11 is 6.64. The zero-order chi connectivity index (χ0) is 25.2. The summed E-state index contributed by atoms with van der Waals surface area (Å²) in [7, 11) is 3.18. The normalized spacial score (nSPS) is 14.6. The van der Waals surface area contributed by atoms with Crippen molar-refractivity contribution in [3.8, 4) is 22.9 Å². The lowest BCUT2D eigenvalue weighted by Gasteiger charge is -2.29. The summed E-state index contributed by atoms with van der Waals surface area (Å²) in [5, 5.41) is 11.5. The van der Waals surface area contributed by atoms with E-state index in [1.807, 2.05) is 61.5 Å². The first-order valence-corrected chi connectivity index (χ1v) is 11.7. The van der Waals surface area contributed by atoms with Crippen LogP contribution in [0.5, 0.6) is 11.5 Å². The molecule has 1 aliphatic heterocycles. The maximum absolute atomic E-state index is 13.7. The molecule has 8 nitrogen and oxygen atoms in total. The van der Waals surface area contributed by atoms with Gasteiger partial charge in [0.1, 0.15) is 17.5 Å². The van der Waals surface area contributed by atoms with Crippen molar-refractivity contribution in [3.05, 3.63) is 94.7 Å². The van der Waals surface area contributed by atoms with Crippen LogP contribution < -0.4 is 20.1 Å². The number of nitrogens with zero attached hydrogens (tertiary/aromatic N) is 3. The van der Waals surface area contributed by atoms with Crippen LogP contribution in [0.2, 0.25) is 5.02 Å². The molecule has 9 heteroatoms. The molecular weight excluding hydrogens is 478 g/mol. The Balaban J connectivity index is 1.60. The highest BCUT2D eigenvalue weighted by atomic mass is 35.5. The lowest BCUT2D eigenvalue weighted by Crippen LogP contribution is -2.31. The summed E-state index contributed by atoms with van der Waals surface area (Å²) in [5.74, 6) is 2.02. The van der Waals surface area contributed by atoms with Gasteiger partial charge in [0.05, 0.1) is 25.5 Å². The average Bonchev–Trinajstić information content (AvgIpc) is 3.32. The highest BCUT2D eigenvalue weighted by molar-refractivity contribution is 6.31. The van der Waals surface area contributed by atoms with Crippen LogP contribution in [0.3, 0.4) is 0 Å². The van der Waals surface area contributed by atoms with Gasteiger partial charge in [-0.3, -0.25) is 4.79 Å². The summed E-state index contributed by atoms with van der Waals surface area (Å²) in [5.41, 5.74) is 3.22. The predicted molar refractivity (Wildman–Crippen MR) is 140 cm³/mol. The number of methoxy groups -OCH3 is 2. The molecule has 1 aromatic heterocycles. The van der Waals surface area contributed by atoms with Gasteiger partial charge in [-0.05, 0) is 49.4 Å². The molecule has 1 unspecified atom stereocenters. The number of aromatic nitrogens is 3. The lowest BCUT2D eigenvalue weighted by atomic mass is 9.95. The first kappa shape index (κ1) is 23.4. The number of fused-ring (bicyclic) bond motifs is 1. The molecule has 0 fully saturated rings. The van der Waals surface area contributed by atoms with Gasteiger partial charge in [0.25, 0.3) is 5.91 Å². The van der Waals surface area contributed by atoms with Crippen molar-refractivity contribution >= 4 is 29.1 Å². The topological polar surface area (TPSA) is 90.3 Å². The fourth-order valence-electron chi connectivity index (χ4n) is 4.23. The number of nitrogens with one attached hydrogen (secondary N) is 2. The van der Waals surface area contributed by atoms with Gasteiger partial charge in [-0.2, -0.15) is 4.98 Å². The van der Waals surface area contributed by atoms with E-state index in [-0.39, 0.29) is 5.91 Å². The minimum atomic E-state index is -0.607. The summed E-state index contributed by atoms with van der Waals surface area (Å²) in [6.45, 7) is 1.84. The maximum Gasteiger partial charge on any atom is 0.255 e. The number of carbonyl (C=O) groups is 1. The second-order valence-electron chi connectivity index (χ2n) is 8.17. The SMILES string of the molecule is COc1ccc(-c2nc3n(n2)C(c2ccccc2Cl)C(C(=O)Nc2ccccc2OC)=C(C)N3)cc1. The molecule has 4 aromatic rings. The molecule has 5 rings (SSSR count). The molecule has 3 aromatic carbocycles. The number of ether oxygens (including phenoxy) is 2. The fraction of sp³-hybridized carbons (Fsp3) is 0.148. The van der Waals surface area contributed by atoms with Crippen LogP contribution in [0.25, 0.3) is 11.4 Å². The molecule has 1 atom stereocenters. The second kappa shape index (κ2) is 9.75. The minimum Gasteiger partial charge on any atom is -0.497 e. The smallest absolute Gasteiger partial charge is 0.255 e. The van der Waals surface area contributed by atoms with E-state index in [1.54, 1.807) is 37.1 Å². The number of para-hydroxylation sites is 2. The second-order valence-corrected chi connectivity index (χ2v) is 8.58. The van der Waals surface area contributed by atoms with Crippen molar-refractivity contribution in [2.75, 3.05) is 24.9 Å². The van der Waals surface area contributed by atoms with E-state index in [0.717, 1.165) is 16.9 Å². The number of rotatable bonds is 6. The first-order chi connectivity index (χ1) is 17.5. The van der Waals surface area contributed by atoms with Gasteiger partial charge in [0, 0.05) is 21.8 Å². The van der Waals surface area contributed by atoms with Gasteiger partial charge in [-0.25, -0.2) is 4.68 Å². The fourth-order valence-corrected chi connectivity index (χ4v) is 4.47. The number of amides is 1. The Bertz CT molecular complexity index is 1460. The van der Waals surface area contributed by atoms with Crippen LogP contribution in [0.1, 0.15) is 18.5 Å². The molecule has 2 N–H and O–H groups in total. The first-order valence-electron chi connectivity index (χ1n) is 11.3. The van der Waals surface area contributed by atoms with Gasteiger partial charge in [-0.1, -0.05) is 41.9 Å². The van der Waals surface area contributed by atoms with E-state index in [1.165, 1.54) is 0 Å². The molecule has 0 aliphatic carbocycles. The van der Waals surface area contributed by atoms with Crippen molar-refractivity contribution in [2.24, 2.45) is 0 Å². The Kier molecular flexibility index (Phi) is 6.35. The van der Waals surface area contributed by atoms with Crippen LogP contribution in [0.15, 0.2) is 84.1 Å². The summed E-state index contributed by atoms with van der Waals surface area (Å²) < 4.78 is 12.4. The highest BCUT2D eigenvalue weighted by Crippen LogP contribution is 2.39. The van der Waals surface area contributed by atoms with Crippen molar-refractivity contribution < 1.29 is 14.3 Å². The van der Waals surface area contributed by atoms with Crippen LogP contribution in [-0.4, -0.2) is 34.9 Å². The average molecular weight is 502 g/mol. The highest BCUT2D eigenvalue weighted by Gasteiger charge is 2.35. The van der Waals surface area contributed by atoms with E-state index < -0.39 is 6.04 Å². The Morgan fingerprint density at radius 1 is 1.00 bits per heavy atom. The molecule has 0 spiro atoms. The van der Waals surface area contributed by atoms with Crippen molar-refractivity contribution in [1.82, 2.24) is 14.8 Å². The lowest BCUT2D eigenvalue weighted by molar-refractivity contribution is -0.113. The minimum absolute atomic E-state index is 0.304. The third-order valence-corrected chi connectivity index (χ3v) is 6.34. The Labute approximate surface area is 213 Å². The summed E-state index contributed by atoms with van der Waals surface area (Å²) in [6, 6.07) is 21.5. The molecule has 36 heavy (non-hydrogen) atoms. The van der Waals surface area contributed by atoms with E-state index in [2.05, 4.69) is 10.6 Å². The number of anilines is 2. The molecule has 1 amide bonds. The summed E-state index contributed by atoms with van der Waals surface area (Å²) in [6.07, 6.45) is 0. The van der Waals surface area contributed by atoms with E-state index in [4.69, 9.17) is 31.2 Å². The number of allylic oxidation sites excluding steroid dienone is 1. The van der Waals surface area contributed by atoms with Crippen LogP contribution in [-0.2, 0) is 4.79 Å². The number of benzene rings is 3. The van der Waals surface area contributed by atoms with Crippen LogP contribution in [0.4, 0.5) is 11.6 Å². The van der Waals surface area contributed by atoms with Crippen LogP contribution in [0, 0.1) is 0 Å². The van der Waals surface area contributed by atoms with Crippen LogP contribution >= 0.6 is 11.6 Å². The zero-order valence-electron chi connectivity index (χ0n) is 19.9. The van der Waals surface area contributed by atoms with Crippen molar-refractivity contribution in [2.45, 2.75) is 13.0 Å². The number of hydrogen-bond donors (Lipinski definition) is 2. The van der Waals surface area contributed by atoms with E-state index >= 15 is 0 Å². The Hall–Kier alpha value is -4.30. The summed E-state index contributed by atoms with van der Waals surface area (Å²) in [4.78, 5) is 18.4. The monoisotopic (exact) mass is 501 g/mol. The van der Waals surface area contributed by atoms with E-state index in [0.29, 0.717) is 39.5 Å². The predicted octanol–water partition coefficient (Wildman–Crippen LogP) is 5.54. The number of hydrogen-bond acceptors (Lipinski definition) is 6. The van der Waals surface area contributed by atoms with Gasteiger partial charge in [-0.15, -0.1) is 5.10 Å². The number of halogens is 1. The third-order valence-electron chi connectivity index (χ3n) is 6.00. The standard InChI is InChI=1S/C27H24ClN5O3/c1-16-23(26(34)30-21-10-6-7-11-22(21)36-3)24(19-8-4-5-9-20(19)28)33-27(29-16)31-25(32-33)17-12-14-18(35-2)15-13-17/h4-15,24H,1-3H3,(H,30,34)(H,29,31,32). The third kappa shape index (κ3) is 4.27. The molecule has 182 valence electrons. The molecule has 1 aliphatic rings. The molecular formula is C27H24ClN5O3. The van der Waals surface area contributed by atoms with Gasteiger partial charge < -0.3 is 20.1 Å². The quantitative estimate of drug-likeness (QED) is 0.360. The van der Waals surface area contributed by atoms with Crippen molar-refractivity contribution in [1.29, 1.82) is 0 Å². The van der Waals surface area contributed by atoms with Gasteiger partial charge in [0.2, 0.25) is 5.95 Å². The Morgan fingerprint density at radius 2 is 1.72 bits per heavy atom. The zero-order valence-corrected chi connectivity index (χ0v) is 20.7. The largest absolute Gasteiger partial charge is 0.497 e. The van der Waals surface area contributed by atoms with Crippen molar-refractivity contribution in [3.63, 3.8) is 0 Å². The number of carbonyl (C=O) groups excluding carboxylic acids is 1. The molecule has 2 heterocycles. The van der Waals surface area contributed by atoms with Gasteiger partial charge >= 0.3 is 0 Å². The van der Waals surface area contributed by atoms with Gasteiger partial charge in [0.15, 0.2) is 5.82 Å².